The van der Waals surface area contributed by atoms with Crippen LogP contribution in [0.2, 0.25) is 10.0 Å². The van der Waals surface area contributed by atoms with Crippen molar-refractivity contribution in [3.63, 3.8) is 0 Å². The average molecular weight is 384 g/mol. The fourth-order valence-corrected chi connectivity index (χ4v) is 3.23. The van der Waals surface area contributed by atoms with Crippen LogP contribution >= 0.6 is 35.0 Å². The number of nitrogens with one attached hydrogen (secondary N) is 1. The van der Waals surface area contributed by atoms with Gasteiger partial charge in [-0.3, -0.25) is 4.79 Å². The summed E-state index contributed by atoms with van der Waals surface area (Å²) < 4.78 is 5.45. The minimum atomic E-state index is -0.138. The molecule has 2 rings (SSSR count). The van der Waals surface area contributed by atoms with Gasteiger partial charge < -0.3 is 10.1 Å². The van der Waals surface area contributed by atoms with Gasteiger partial charge in [0.2, 0.25) is 0 Å². The van der Waals surface area contributed by atoms with Crippen LogP contribution in [0.5, 0.6) is 5.75 Å². The molecule has 0 saturated heterocycles. The Morgan fingerprint density at radius 1 is 1.17 bits per heavy atom. The molecule has 6 heteroatoms. The third kappa shape index (κ3) is 6.27. The molecule has 24 heavy (non-hydrogen) atoms. The standard InChI is InChI=1S/C18H19Cl2NO2S/c1-13-10-15(6-7-16(13)19)23-11-18(22)21-8-9-24-12-14-4-2-3-5-17(14)20/h2-7,10H,8-9,11-12H2,1H3,(H,21,22). The van der Waals surface area contributed by atoms with Crippen LogP contribution in [0.3, 0.4) is 0 Å². The van der Waals surface area contributed by atoms with Crippen LogP contribution in [0.1, 0.15) is 11.1 Å². The largest absolute Gasteiger partial charge is 0.484 e. The Balaban J connectivity index is 1.61. The zero-order valence-corrected chi connectivity index (χ0v) is 15.7. The lowest BCUT2D eigenvalue weighted by Gasteiger charge is -2.09. The van der Waals surface area contributed by atoms with Crippen molar-refractivity contribution in [2.75, 3.05) is 18.9 Å². The van der Waals surface area contributed by atoms with Gasteiger partial charge >= 0.3 is 0 Å². The zero-order chi connectivity index (χ0) is 17.4. The fraction of sp³-hybridized carbons (Fsp3) is 0.278. The maximum absolute atomic E-state index is 11.8. The third-order valence-corrected chi connectivity index (χ3v) is 5.08. The summed E-state index contributed by atoms with van der Waals surface area (Å²) in [5, 5.41) is 4.30. The average Bonchev–Trinajstić information content (AvgIpc) is 2.57. The normalized spacial score (nSPS) is 10.5. The summed E-state index contributed by atoms with van der Waals surface area (Å²) in [7, 11) is 0. The second-order valence-electron chi connectivity index (χ2n) is 5.19. The number of carbonyl (C=O) groups excluding carboxylic acids is 1. The Hall–Kier alpha value is -1.36. The predicted octanol–water partition coefficient (Wildman–Crippen LogP) is 4.73. The highest BCUT2D eigenvalue weighted by Gasteiger charge is 2.04. The number of carbonyl (C=O) groups is 1. The highest BCUT2D eigenvalue weighted by atomic mass is 35.5. The summed E-state index contributed by atoms with van der Waals surface area (Å²) in [6.07, 6.45) is 0. The lowest BCUT2D eigenvalue weighted by molar-refractivity contribution is -0.122. The molecule has 0 atom stereocenters. The first-order valence-electron chi connectivity index (χ1n) is 7.53. The monoisotopic (exact) mass is 383 g/mol. The lowest BCUT2D eigenvalue weighted by Crippen LogP contribution is -2.30. The number of hydrogen-bond acceptors (Lipinski definition) is 3. The third-order valence-electron chi connectivity index (χ3n) is 3.28. The van der Waals surface area contributed by atoms with Crippen LogP contribution < -0.4 is 10.1 Å². The van der Waals surface area contributed by atoms with Crippen molar-refractivity contribution in [2.24, 2.45) is 0 Å². The second-order valence-corrected chi connectivity index (χ2v) is 7.11. The highest BCUT2D eigenvalue weighted by Crippen LogP contribution is 2.21. The molecule has 128 valence electrons. The van der Waals surface area contributed by atoms with Crippen molar-refractivity contribution in [3.05, 3.63) is 63.6 Å². The Kier molecular flexibility index (Phi) is 7.76. The van der Waals surface area contributed by atoms with Gasteiger partial charge in [0.15, 0.2) is 6.61 Å². The minimum Gasteiger partial charge on any atom is -0.484 e. The number of amides is 1. The van der Waals surface area contributed by atoms with Gasteiger partial charge in [0.05, 0.1) is 0 Å². The van der Waals surface area contributed by atoms with Crippen molar-refractivity contribution in [1.82, 2.24) is 5.32 Å². The molecule has 1 amide bonds. The van der Waals surface area contributed by atoms with E-state index in [1.807, 2.05) is 37.3 Å². The van der Waals surface area contributed by atoms with E-state index in [4.69, 9.17) is 27.9 Å². The number of aryl methyl sites for hydroxylation is 1. The van der Waals surface area contributed by atoms with E-state index in [2.05, 4.69) is 5.32 Å². The summed E-state index contributed by atoms with van der Waals surface area (Å²) in [5.74, 6) is 2.15. The van der Waals surface area contributed by atoms with Gasteiger partial charge in [0.1, 0.15) is 5.75 Å². The molecule has 0 saturated carbocycles. The molecule has 0 aliphatic heterocycles. The van der Waals surface area contributed by atoms with E-state index in [0.29, 0.717) is 17.3 Å². The fourth-order valence-electron chi connectivity index (χ4n) is 1.97. The summed E-state index contributed by atoms with van der Waals surface area (Å²) in [6, 6.07) is 13.1. The molecule has 0 aliphatic rings. The molecule has 0 bridgehead atoms. The van der Waals surface area contributed by atoms with Crippen LogP contribution in [-0.2, 0) is 10.5 Å². The maximum atomic E-state index is 11.8. The van der Waals surface area contributed by atoms with Crippen molar-refractivity contribution in [2.45, 2.75) is 12.7 Å². The molecule has 2 aromatic rings. The summed E-state index contributed by atoms with van der Waals surface area (Å²) in [5.41, 5.74) is 2.03. The molecule has 0 spiro atoms. The zero-order valence-electron chi connectivity index (χ0n) is 13.4. The molecular weight excluding hydrogens is 365 g/mol. The lowest BCUT2D eigenvalue weighted by atomic mass is 10.2. The van der Waals surface area contributed by atoms with Crippen LogP contribution in [-0.4, -0.2) is 24.8 Å². The topological polar surface area (TPSA) is 38.3 Å². The van der Waals surface area contributed by atoms with E-state index >= 15 is 0 Å². The van der Waals surface area contributed by atoms with Gasteiger partial charge in [-0.15, -0.1) is 0 Å². The minimum absolute atomic E-state index is 0.00372. The van der Waals surface area contributed by atoms with Gasteiger partial charge in [0, 0.05) is 28.1 Å². The van der Waals surface area contributed by atoms with Gasteiger partial charge in [0.25, 0.3) is 5.91 Å². The quantitative estimate of drug-likeness (QED) is 0.669. The Morgan fingerprint density at radius 2 is 1.96 bits per heavy atom. The first kappa shape index (κ1) is 19.0. The molecule has 0 unspecified atom stereocenters. The first-order valence-corrected chi connectivity index (χ1v) is 9.44. The van der Waals surface area contributed by atoms with Gasteiger partial charge in [-0.25, -0.2) is 0 Å². The van der Waals surface area contributed by atoms with Gasteiger partial charge in [-0.2, -0.15) is 11.8 Å². The SMILES string of the molecule is Cc1cc(OCC(=O)NCCSCc2ccccc2Cl)ccc1Cl. The smallest absolute Gasteiger partial charge is 0.257 e. The number of ether oxygens (including phenoxy) is 1. The second kappa shape index (κ2) is 9.82. The Bertz CT molecular complexity index is 694. The van der Waals surface area contributed by atoms with Crippen LogP contribution in [0.4, 0.5) is 0 Å². The molecule has 0 radical (unpaired) electrons. The van der Waals surface area contributed by atoms with E-state index < -0.39 is 0 Å². The van der Waals surface area contributed by atoms with Crippen molar-refractivity contribution < 1.29 is 9.53 Å². The van der Waals surface area contributed by atoms with Crippen molar-refractivity contribution in [1.29, 1.82) is 0 Å². The van der Waals surface area contributed by atoms with E-state index in [0.717, 1.165) is 27.7 Å². The van der Waals surface area contributed by atoms with Gasteiger partial charge in [-0.05, 0) is 42.3 Å². The molecule has 0 aromatic heterocycles. The predicted molar refractivity (Wildman–Crippen MR) is 102 cm³/mol. The number of benzene rings is 2. The number of thioether (sulfide) groups is 1. The van der Waals surface area contributed by atoms with Crippen molar-refractivity contribution >= 4 is 40.9 Å². The van der Waals surface area contributed by atoms with Crippen LogP contribution in [0, 0.1) is 6.92 Å². The Morgan fingerprint density at radius 3 is 2.71 bits per heavy atom. The first-order chi connectivity index (χ1) is 11.6. The van der Waals surface area contributed by atoms with E-state index in [1.54, 1.807) is 23.9 Å². The number of halogens is 2. The summed E-state index contributed by atoms with van der Waals surface area (Å²) in [4.78, 5) is 11.8. The van der Waals surface area contributed by atoms with Crippen LogP contribution in [0.25, 0.3) is 0 Å². The van der Waals surface area contributed by atoms with E-state index in [-0.39, 0.29) is 12.5 Å². The molecule has 2 aromatic carbocycles. The molecule has 3 nitrogen and oxygen atoms in total. The molecule has 1 N–H and O–H groups in total. The Labute approximate surface area is 156 Å². The highest BCUT2D eigenvalue weighted by molar-refractivity contribution is 7.98. The maximum Gasteiger partial charge on any atom is 0.257 e. The van der Waals surface area contributed by atoms with Crippen LogP contribution in [0.15, 0.2) is 42.5 Å². The number of rotatable bonds is 8. The van der Waals surface area contributed by atoms with E-state index in [1.165, 1.54) is 0 Å². The summed E-state index contributed by atoms with van der Waals surface area (Å²) in [6.45, 7) is 2.48. The molecule has 0 heterocycles. The molecule has 0 fully saturated rings. The summed E-state index contributed by atoms with van der Waals surface area (Å²) >= 11 is 13.8. The van der Waals surface area contributed by atoms with Crippen molar-refractivity contribution in [3.8, 4) is 5.75 Å². The van der Waals surface area contributed by atoms with E-state index in [9.17, 15) is 4.79 Å². The van der Waals surface area contributed by atoms with Gasteiger partial charge in [-0.1, -0.05) is 41.4 Å². The molecular formula is C18H19Cl2NO2S. The molecule has 0 aliphatic carbocycles. The number of hydrogen-bond donors (Lipinski definition) is 1.